The van der Waals surface area contributed by atoms with Gasteiger partial charge in [0.25, 0.3) is 5.91 Å². The summed E-state index contributed by atoms with van der Waals surface area (Å²) < 4.78 is 52.9. The van der Waals surface area contributed by atoms with Crippen molar-refractivity contribution in [3.63, 3.8) is 0 Å². The van der Waals surface area contributed by atoms with E-state index in [1.54, 1.807) is 18.2 Å². The second-order valence-corrected chi connectivity index (χ2v) is 11.9. The molecule has 11 heteroatoms. The van der Waals surface area contributed by atoms with Gasteiger partial charge in [-0.2, -0.15) is 13.2 Å². The molecule has 1 aromatic heterocycles. The predicted octanol–water partition coefficient (Wildman–Crippen LogP) is 4.75. The van der Waals surface area contributed by atoms with Crippen LogP contribution in [0.4, 0.5) is 18.9 Å². The van der Waals surface area contributed by atoms with Gasteiger partial charge in [-0.15, -0.1) is 0 Å². The van der Waals surface area contributed by atoms with E-state index >= 15 is 0 Å². The lowest BCUT2D eigenvalue weighted by atomic mass is 9.75. The molecule has 3 aliphatic rings. The molecule has 1 saturated carbocycles. The predicted molar refractivity (Wildman–Crippen MR) is 156 cm³/mol. The molecule has 6 rings (SSSR count). The largest absolute Gasteiger partial charge is 0.504 e. The summed E-state index contributed by atoms with van der Waals surface area (Å²) in [4.78, 5) is 14.3. The third kappa shape index (κ3) is 6.26. The van der Waals surface area contributed by atoms with Crippen molar-refractivity contribution in [2.45, 2.75) is 50.5 Å². The smallest absolute Gasteiger partial charge is 0.406 e. The van der Waals surface area contributed by atoms with Gasteiger partial charge >= 0.3 is 6.18 Å². The molecule has 43 heavy (non-hydrogen) atoms. The number of phenols is 1. The number of halogens is 3. The lowest BCUT2D eigenvalue weighted by molar-refractivity contribution is -0.200. The van der Waals surface area contributed by atoms with Gasteiger partial charge < -0.3 is 29.8 Å². The van der Waals surface area contributed by atoms with Crippen LogP contribution in [0.2, 0.25) is 0 Å². The number of fused-ring (bicyclic) bond motifs is 1. The number of hydrogen-bond acceptors (Lipinski definition) is 6. The van der Waals surface area contributed by atoms with E-state index in [0.717, 1.165) is 57.7 Å². The van der Waals surface area contributed by atoms with Gasteiger partial charge in [-0.05, 0) is 68.0 Å². The van der Waals surface area contributed by atoms with Crippen LogP contribution in [0.1, 0.15) is 41.7 Å². The number of aromatic hydroxyl groups is 1. The van der Waals surface area contributed by atoms with Gasteiger partial charge in [0, 0.05) is 54.3 Å². The number of anilines is 1. The average molecular weight is 597 g/mol. The fourth-order valence-electron chi connectivity index (χ4n) is 6.48. The number of carbonyl (C=O) groups excluding carboxylic acids is 1. The van der Waals surface area contributed by atoms with Crippen molar-refractivity contribution >= 4 is 22.5 Å². The number of nitrogens with zero attached hydrogens (tertiary/aromatic N) is 2. The number of carbonyl (C=O) groups is 1. The standard InChI is InChI=1S/C32H35F3N4O4/c1-36-30(41)21-7-12-29(28(40)14-21)43-13-3-4-24-15-25-26(5-2-6-27(25)39(24)18-32(33,34)35)37-22-8-10-23(11-9-22)38-16-31(17-38)19-42-20-31/h2,5-7,12,14-15,22-23,37,40H,8-11,13,16-20H2,1H3,(H,36,41). The highest BCUT2D eigenvalue weighted by molar-refractivity contribution is 5.95. The van der Waals surface area contributed by atoms with E-state index in [1.807, 2.05) is 6.07 Å². The van der Waals surface area contributed by atoms with Crippen molar-refractivity contribution in [2.75, 3.05) is 45.3 Å². The molecule has 3 aromatic rings. The van der Waals surface area contributed by atoms with Crippen molar-refractivity contribution in [1.82, 2.24) is 14.8 Å². The molecule has 1 aliphatic carbocycles. The number of aromatic nitrogens is 1. The Hall–Kier alpha value is -3.88. The molecule has 3 N–H and O–H groups in total. The molecule has 3 fully saturated rings. The number of phenolic OH excluding ortho intramolecular Hbond substituents is 1. The van der Waals surface area contributed by atoms with Crippen molar-refractivity contribution < 1.29 is 32.5 Å². The first-order chi connectivity index (χ1) is 20.6. The van der Waals surface area contributed by atoms with Crippen LogP contribution in [-0.4, -0.2) is 78.7 Å². The molecule has 0 atom stereocenters. The van der Waals surface area contributed by atoms with E-state index in [4.69, 9.17) is 9.47 Å². The molecule has 2 aromatic carbocycles. The molecule has 2 saturated heterocycles. The Balaban J connectivity index is 1.14. The summed E-state index contributed by atoms with van der Waals surface area (Å²) in [6.07, 6.45) is -0.225. The molecule has 0 unspecified atom stereocenters. The van der Waals surface area contributed by atoms with E-state index in [-0.39, 0.29) is 41.3 Å². The van der Waals surface area contributed by atoms with Crippen molar-refractivity contribution in [2.24, 2.45) is 5.41 Å². The molecule has 2 aliphatic heterocycles. The highest BCUT2D eigenvalue weighted by Gasteiger charge is 2.50. The Morgan fingerprint density at radius 3 is 2.56 bits per heavy atom. The second kappa shape index (κ2) is 11.7. The maximum absolute atomic E-state index is 13.6. The Kier molecular flexibility index (Phi) is 7.92. The minimum Gasteiger partial charge on any atom is -0.504 e. The zero-order valence-corrected chi connectivity index (χ0v) is 24.0. The Bertz CT molecular complexity index is 1550. The van der Waals surface area contributed by atoms with Crippen LogP contribution < -0.4 is 15.4 Å². The Labute approximate surface area is 248 Å². The molecule has 1 spiro atoms. The van der Waals surface area contributed by atoms with Crippen LogP contribution in [-0.2, 0) is 11.3 Å². The van der Waals surface area contributed by atoms with Gasteiger partial charge in [-0.25, -0.2) is 0 Å². The lowest BCUT2D eigenvalue weighted by Gasteiger charge is -2.58. The first kappa shape index (κ1) is 29.2. The van der Waals surface area contributed by atoms with E-state index in [1.165, 1.54) is 29.8 Å². The number of likely N-dealkylation sites (tertiary alicyclic amines) is 1. The monoisotopic (exact) mass is 596 g/mol. The number of ether oxygens (including phenoxy) is 2. The van der Waals surface area contributed by atoms with Gasteiger partial charge in [-0.3, -0.25) is 9.69 Å². The molecular formula is C32H35F3N4O4. The minimum absolute atomic E-state index is 0.115. The first-order valence-corrected chi connectivity index (χ1v) is 14.6. The van der Waals surface area contributed by atoms with Crippen LogP contribution in [0.3, 0.4) is 0 Å². The number of rotatable bonds is 7. The highest BCUT2D eigenvalue weighted by Crippen LogP contribution is 2.41. The summed E-state index contributed by atoms with van der Waals surface area (Å²) in [6.45, 7) is 2.69. The summed E-state index contributed by atoms with van der Waals surface area (Å²) >= 11 is 0. The fourth-order valence-corrected chi connectivity index (χ4v) is 6.48. The van der Waals surface area contributed by atoms with Crippen LogP contribution in [0.5, 0.6) is 11.5 Å². The SMILES string of the molecule is CNC(=O)c1ccc(OCC#Cc2cc3c(NC4CCC(N5CC6(COC6)C5)CC4)cccc3n2CC(F)(F)F)c(O)c1. The van der Waals surface area contributed by atoms with Crippen LogP contribution in [0.15, 0.2) is 42.5 Å². The quantitative estimate of drug-likeness (QED) is 0.341. The number of amides is 1. The maximum atomic E-state index is 13.6. The summed E-state index contributed by atoms with van der Waals surface area (Å²) in [6, 6.07) is 12.1. The summed E-state index contributed by atoms with van der Waals surface area (Å²) in [5.41, 5.74) is 2.15. The summed E-state index contributed by atoms with van der Waals surface area (Å²) in [5.74, 6) is 5.13. The second-order valence-electron chi connectivity index (χ2n) is 11.9. The van der Waals surface area contributed by atoms with Crippen LogP contribution in [0.25, 0.3) is 10.9 Å². The first-order valence-electron chi connectivity index (χ1n) is 14.6. The normalized spacial score (nSPS) is 21.4. The Morgan fingerprint density at radius 1 is 1.14 bits per heavy atom. The third-order valence-electron chi connectivity index (χ3n) is 8.71. The third-order valence-corrected chi connectivity index (χ3v) is 8.71. The highest BCUT2D eigenvalue weighted by atomic mass is 19.4. The van der Waals surface area contributed by atoms with Crippen molar-refractivity contribution in [3.8, 4) is 23.3 Å². The number of alkyl halides is 3. The van der Waals surface area contributed by atoms with E-state index in [9.17, 15) is 23.1 Å². The lowest BCUT2D eigenvalue weighted by Crippen LogP contribution is -2.68. The van der Waals surface area contributed by atoms with Gasteiger partial charge in [-0.1, -0.05) is 12.0 Å². The fraction of sp³-hybridized carbons (Fsp3) is 0.469. The molecule has 0 bridgehead atoms. The van der Waals surface area contributed by atoms with E-state index in [0.29, 0.717) is 22.4 Å². The zero-order valence-electron chi connectivity index (χ0n) is 24.0. The number of hydrogen-bond donors (Lipinski definition) is 3. The van der Waals surface area contributed by atoms with E-state index in [2.05, 4.69) is 27.4 Å². The molecule has 1 amide bonds. The van der Waals surface area contributed by atoms with Gasteiger partial charge in [0.2, 0.25) is 0 Å². The van der Waals surface area contributed by atoms with Gasteiger partial charge in [0.15, 0.2) is 11.5 Å². The topological polar surface area (TPSA) is 88.0 Å². The molecule has 8 nitrogen and oxygen atoms in total. The van der Waals surface area contributed by atoms with Crippen LogP contribution in [0, 0.1) is 17.3 Å². The number of benzene rings is 2. The average Bonchev–Trinajstić information content (AvgIpc) is 3.27. The van der Waals surface area contributed by atoms with Crippen LogP contribution >= 0.6 is 0 Å². The molecule has 0 radical (unpaired) electrons. The molecule has 228 valence electrons. The summed E-state index contributed by atoms with van der Waals surface area (Å²) in [5, 5.41) is 16.9. The van der Waals surface area contributed by atoms with Crippen molar-refractivity contribution in [3.05, 3.63) is 53.7 Å². The molecule has 3 heterocycles. The van der Waals surface area contributed by atoms with Gasteiger partial charge in [0.1, 0.15) is 13.2 Å². The number of nitrogens with one attached hydrogen (secondary N) is 2. The zero-order chi connectivity index (χ0) is 30.2. The summed E-state index contributed by atoms with van der Waals surface area (Å²) in [7, 11) is 1.48. The Morgan fingerprint density at radius 2 is 1.91 bits per heavy atom. The van der Waals surface area contributed by atoms with Gasteiger partial charge in [0.05, 0.1) is 24.4 Å². The van der Waals surface area contributed by atoms with E-state index < -0.39 is 12.7 Å². The molecular weight excluding hydrogens is 561 g/mol. The maximum Gasteiger partial charge on any atom is 0.406 e. The minimum atomic E-state index is -4.43. The van der Waals surface area contributed by atoms with Crippen molar-refractivity contribution in [1.29, 1.82) is 0 Å².